The third-order valence-electron chi connectivity index (χ3n) is 4.82. The van der Waals surface area contributed by atoms with Crippen molar-refractivity contribution in [1.29, 1.82) is 0 Å². The summed E-state index contributed by atoms with van der Waals surface area (Å²) in [5.74, 6) is 0.267. The first-order chi connectivity index (χ1) is 13.7. The SMILES string of the molecule is Cc1ccc(-c2cnc3ncc(Cc4ccc5ncccc5c4)n3n2)cc1F. The Balaban J connectivity index is 1.54. The fourth-order valence-electron chi connectivity index (χ4n) is 3.27. The minimum absolute atomic E-state index is 0.255. The van der Waals surface area contributed by atoms with Gasteiger partial charge in [0.15, 0.2) is 0 Å². The Morgan fingerprint density at radius 2 is 1.86 bits per heavy atom. The average molecular weight is 369 g/mol. The summed E-state index contributed by atoms with van der Waals surface area (Å²) in [7, 11) is 0. The van der Waals surface area contributed by atoms with Crippen LogP contribution in [0.15, 0.2) is 67.1 Å². The molecule has 0 saturated heterocycles. The zero-order valence-corrected chi connectivity index (χ0v) is 15.2. The summed E-state index contributed by atoms with van der Waals surface area (Å²) in [4.78, 5) is 13.1. The third kappa shape index (κ3) is 2.89. The number of rotatable bonds is 3. The third-order valence-corrected chi connectivity index (χ3v) is 4.82. The molecule has 2 aromatic carbocycles. The van der Waals surface area contributed by atoms with Crippen molar-refractivity contribution in [2.75, 3.05) is 0 Å². The van der Waals surface area contributed by atoms with Crippen molar-refractivity contribution in [3.63, 3.8) is 0 Å². The summed E-state index contributed by atoms with van der Waals surface area (Å²) in [5.41, 5.74) is 4.91. The molecule has 0 radical (unpaired) electrons. The second-order valence-corrected chi connectivity index (χ2v) is 6.78. The fourth-order valence-corrected chi connectivity index (χ4v) is 3.27. The molecule has 0 saturated carbocycles. The van der Waals surface area contributed by atoms with E-state index < -0.39 is 0 Å². The molecule has 3 heterocycles. The van der Waals surface area contributed by atoms with Crippen molar-refractivity contribution >= 4 is 16.7 Å². The van der Waals surface area contributed by atoms with E-state index in [0.29, 0.717) is 29.0 Å². The highest BCUT2D eigenvalue weighted by molar-refractivity contribution is 5.79. The highest BCUT2D eigenvalue weighted by atomic mass is 19.1. The van der Waals surface area contributed by atoms with Gasteiger partial charge in [0.2, 0.25) is 0 Å². The van der Waals surface area contributed by atoms with Crippen LogP contribution in [0.2, 0.25) is 0 Å². The summed E-state index contributed by atoms with van der Waals surface area (Å²) in [6.45, 7) is 1.74. The highest BCUT2D eigenvalue weighted by Gasteiger charge is 2.10. The van der Waals surface area contributed by atoms with E-state index in [9.17, 15) is 4.39 Å². The molecule has 5 aromatic rings. The Bertz CT molecular complexity index is 1330. The molecule has 0 bridgehead atoms. The quantitative estimate of drug-likeness (QED) is 0.474. The van der Waals surface area contributed by atoms with Gasteiger partial charge in [-0.15, -0.1) is 0 Å². The Hall–Kier alpha value is -3.67. The molecule has 0 aliphatic rings. The van der Waals surface area contributed by atoms with Gasteiger partial charge in [-0.1, -0.05) is 24.3 Å². The van der Waals surface area contributed by atoms with E-state index in [2.05, 4.69) is 32.2 Å². The lowest BCUT2D eigenvalue weighted by molar-refractivity contribution is 0.619. The molecule has 136 valence electrons. The van der Waals surface area contributed by atoms with Gasteiger partial charge in [0.25, 0.3) is 5.78 Å². The molecule has 5 nitrogen and oxygen atoms in total. The second-order valence-electron chi connectivity index (χ2n) is 6.78. The summed E-state index contributed by atoms with van der Waals surface area (Å²) >= 11 is 0. The molecule has 0 aliphatic heterocycles. The van der Waals surface area contributed by atoms with Gasteiger partial charge in [0.05, 0.1) is 23.6 Å². The van der Waals surface area contributed by atoms with Crippen LogP contribution in [0.25, 0.3) is 27.9 Å². The van der Waals surface area contributed by atoms with E-state index >= 15 is 0 Å². The summed E-state index contributed by atoms with van der Waals surface area (Å²) < 4.78 is 15.7. The molecule has 3 aromatic heterocycles. The van der Waals surface area contributed by atoms with Crippen LogP contribution >= 0.6 is 0 Å². The van der Waals surface area contributed by atoms with Crippen molar-refractivity contribution < 1.29 is 4.39 Å². The maximum absolute atomic E-state index is 13.9. The van der Waals surface area contributed by atoms with E-state index in [-0.39, 0.29) is 5.82 Å². The topological polar surface area (TPSA) is 56.0 Å². The highest BCUT2D eigenvalue weighted by Crippen LogP contribution is 2.21. The van der Waals surface area contributed by atoms with Crippen molar-refractivity contribution in [3.8, 4) is 11.3 Å². The zero-order chi connectivity index (χ0) is 19.1. The van der Waals surface area contributed by atoms with Crippen LogP contribution in [-0.4, -0.2) is 24.6 Å². The van der Waals surface area contributed by atoms with Gasteiger partial charge in [-0.3, -0.25) is 4.98 Å². The van der Waals surface area contributed by atoms with Crippen LogP contribution in [0.3, 0.4) is 0 Å². The van der Waals surface area contributed by atoms with Crippen molar-refractivity contribution in [2.24, 2.45) is 0 Å². The van der Waals surface area contributed by atoms with Crippen molar-refractivity contribution in [1.82, 2.24) is 24.6 Å². The molecule has 0 N–H and O–H groups in total. The minimum Gasteiger partial charge on any atom is -0.256 e. The number of aryl methyl sites for hydroxylation is 1. The van der Waals surface area contributed by atoms with Crippen molar-refractivity contribution in [2.45, 2.75) is 13.3 Å². The van der Waals surface area contributed by atoms with Gasteiger partial charge in [-0.25, -0.2) is 18.9 Å². The molecule has 0 aliphatic carbocycles. The number of pyridine rings is 1. The normalized spacial score (nSPS) is 11.4. The van der Waals surface area contributed by atoms with Crippen LogP contribution in [0.1, 0.15) is 16.8 Å². The fraction of sp³-hybridized carbons (Fsp3) is 0.0909. The van der Waals surface area contributed by atoms with Crippen molar-refractivity contribution in [3.05, 3.63) is 89.8 Å². The smallest absolute Gasteiger partial charge is 0.250 e. The Morgan fingerprint density at radius 3 is 2.75 bits per heavy atom. The van der Waals surface area contributed by atoms with Crippen LogP contribution in [0.5, 0.6) is 0 Å². The van der Waals surface area contributed by atoms with Gasteiger partial charge in [0, 0.05) is 23.6 Å². The van der Waals surface area contributed by atoms with Gasteiger partial charge in [-0.2, -0.15) is 5.10 Å². The monoisotopic (exact) mass is 369 g/mol. The lowest BCUT2D eigenvalue weighted by Crippen LogP contribution is -2.02. The van der Waals surface area contributed by atoms with Gasteiger partial charge in [0.1, 0.15) is 11.5 Å². The van der Waals surface area contributed by atoms with Gasteiger partial charge in [-0.05, 0) is 42.3 Å². The summed E-state index contributed by atoms with van der Waals surface area (Å²) in [5, 5.41) is 5.74. The molecule has 0 atom stereocenters. The first kappa shape index (κ1) is 16.5. The molecule has 0 amide bonds. The standard InChI is InChI=1S/C22H16FN5/c1-14-4-6-17(11-19(14)23)21-13-26-22-25-12-18(28(22)27-21)10-15-5-7-20-16(9-15)3-2-8-24-20/h2-9,11-13H,10H2,1H3. The van der Waals surface area contributed by atoms with Crippen LogP contribution in [0, 0.1) is 12.7 Å². The van der Waals surface area contributed by atoms with Crippen LogP contribution in [0.4, 0.5) is 4.39 Å². The molecule has 28 heavy (non-hydrogen) atoms. The van der Waals surface area contributed by atoms with Crippen LogP contribution < -0.4 is 0 Å². The molecule has 5 rings (SSSR count). The van der Waals surface area contributed by atoms with Gasteiger partial charge >= 0.3 is 0 Å². The maximum atomic E-state index is 13.9. The summed E-state index contributed by atoms with van der Waals surface area (Å²) in [6.07, 6.45) is 5.85. The van der Waals surface area contributed by atoms with E-state index in [1.807, 2.05) is 24.3 Å². The van der Waals surface area contributed by atoms with E-state index in [0.717, 1.165) is 22.2 Å². The van der Waals surface area contributed by atoms with E-state index in [1.54, 1.807) is 36.1 Å². The zero-order valence-electron chi connectivity index (χ0n) is 15.2. The second kappa shape index (κ2) is 6.49. The van der Waals surface area contributed by atoms with Gasteiger partial charge < -0.3 is 0 Å². The maximum Gasteiger partial charge on any atom is 0.250 e. The lowest BCUT2D eigenvalue weighted by atomic mass is 10.1. The molecule has 6 heteroatoms. The molecular formula is C22H16FN5. The molecule has 0 fully saturated rings. The predicted octanol–water partition coefficient (Wildman–Crippen LogP) is 4.38. The Kier molecular flexibility index (Phi) is 3.83. The predicted molar refractivity (Wildman–Crippen MR) is 105 cm³/mol. The first-order valence-electron chi connectivity index (χ1n) is 8.97. The van der Waals surface area contributed by atoms with E-state index in [4.69, 9.17) is 0 Å². The van der Waals surface area contributed by atoms with E-state index in [1.165, 1.54) is 6.07 Å². The minimum atomic E-state index is -0.255. The average Bonchev–Trinajstić information content (AvgIpc) is 3.12. The van der Waals surface area contributed by atoms with Crippen LogP contribution in [-0.2, 0) is 6.42 Å². The lowest BCUT2D eigenvalue weighted by Gasteiger charge is -2.06. The number of aromatic nitrogens is 5. The number of halogens is 1. The number of hydrogen-bond acceptors (Lipinski definition) is 4. The molecular weight excluding hydrogens is 353 g/mol. The largest absolute Gasteiger partial charge is 0.256 e. The Labute approximate surface area is 160 Å². The summed E-state index contributed by atoms with van der Waals surface area (Å²) in [6, 6.07) is 15.2. The molecule has 0 unspecified atom stereocenters. The number of hydrogen-bond donors (Lipinski definition) is 0. The number of benzene rings is 2. The number of fused-ring (bicyclic) bond motifs is 2. The Morgan fingerprint density at radius 1 is 0.964 bits per heavy atom. The number of imidazole rings is 1. The number of nitrogens with zero attached hydrogens (tertiary/aromatic N) is 5. The molecule has 0 spiro atoms. The first-order valence-corrected chi connectivity index (χ1v) is 8.97.